The highest BCUT2D eigenvalue weighted by Crippen LogP contribution is 2.27. The van der Waals surface area contributed by atoms with Gasteiger partial charge in [-0.3, -0.25) is 4.98 Å². The quantitative estimate of drug-likeness (QED) is 0.893. The lowest BCUT2D eigenvalue weighted by Gasteiger charge is -2.04. The van der Waals surface area contributed by atoms with Crippen molar-refractivity contribution in [2.24, 2.45) is 0 Å². The Morgan fingerprint density at radius 2 is 1.88 bits per heavy atom. The van der Waals surface area contributed by atoms with Crippen LogP contribution in [0.15, 0.2) is 52.4 Å². The van der Waals surface area contributed by atoms with Crippen LogP contribution in [0, 0.1) is 6.92 Å². The predicted octanol–water partition coefficient (Wildman–Crippen LogP) is 3.26. The van der Waals surface area contributed by atoms with Gasteiger partial charge in [-0.1, -0.05) is 29.5 Å². The van der Waals surface area contributed by atoms with E-state index in [2.05, 4.69) is 47.6 Å². The molecule has 2 nitrogen and oxygen atoms in total. The van der Waals surface area contributed by atoms with E-state index < -0.39 is 0 Å². The molecule has 0 aliphatic carbocycles. The molecular formula is C14H16N2S. The van der Waals surface area contributed by atoms with Crippen LogP contribution in [0.2, 0.25) is 0 Å². The maximum absolute atomic E-state index is 4.31. The molecule has 1 aromatic carbocycles. The Morgan fingerprint density at radius 1 is 1.12 bits per heavy atom. The highest BCUT2D eigenvalue weighted by atomic mass is 32.2. The smallest absolute Gasteiger partial charge is 0.0552 e. The van der Waals surface area contributed by atoms with E-state index in [9.17, 15) is 0 Å². The van der Waals surface area contributed by atoms with E-state index in [1.54, 1.807) is 11.8 Å². The van der Waals surface area contributed by atoms with Crippen molar-refractivity contribution in [2.75, 3.05) is 7.05 Å². The Morgan fingerprint density at radius 3 is 2.59 bits per heavy atom. The van der Waals surface area contributed by atoms with Gasteiger partial charge in [0.2, 0.25) is 0 Å². The van der Waals surface area contributed by atoms with E-state index in [4.69, 9.17) is 0 Å². The van der Waals surface area contributed by atoms with Gasteiger partial charge in [-0.25, -0.2) is 0 Å². The van der Waals surface area contributed by atoms with E-state index in [1.165, 1.54) is 15.4 Å². The minimum Gasteiger partial charge on any atom is -0.314 e. The fourth-order valence-corrected chi connectivity index (χ4v) is 2.41. The first-order valence-electron chi connectivity index (χ1n) is 5.62. The van der Waals surface area contributed by atoms with Gasteiger partial charge in [0.1, 0.15) is 0 Å². The van der Waals surface area contributed by atoms with Gasteiger partial charge in [-0.15, -0.1) is 0 Å². The van der Waals surface area contributed by atoms with Crippen molar-refractivity contribution < 1.29 is 0 Å². The Bertz CT molecular complexity index is 480. The molecule has 0 amide bonds. The van der Waals surface area contributed by atoms with Crippen LogP contribution in [0.25, 0.3) is 0 Å². The van der Waals surface area contributed by atoms with Gasteiger partial charge in [0.15, 0.2) is 0 Å². The van der Waals surface area contributed by atoms with Gasteiger partial charge in [-0.05, 0) is 38.2 Å². The number of aryl methyl sites for hydroxylation is 1. The highest BCUT2D eigenvalue weighted by molar-refractivity contribution is 7.99. The lowest BCUT2D eigenvalue weighted by atomic mass is 10.2. The summed E-state index contributed by atoms with van der Waals surface area (Å²) in [5, 5.41) is 3.11. The van der Waals surface area contributed by atoms with Gasteiger partial charge >= 0.3 is 0 Å². The standard InChI is InChI=1S/C14H16N2S/c1-11-3-5-13(6-4-11)17-14-7-8-16-12(9-14)10-15-2/h3-9,15H,10H2,1-2H3. The Kier molecular flexibility index (Phi) is 4.18. The normalized spacial score (nSPS) is 10.5. The molecule has 0 aliphatic heterocycles. The summed E-state index contributed by atoms with van der Waals surface area (Å²) >= 11 is 1.77. The monoisotopic (exact) mass is 244 g/mol. The lowest BCUT2D eigenvalue weighted by molar-refractivity contribution is 0.787. The highest BCUT2D eigenvalue weighted by Gasteiger charge is 1.99. The molecule has 0 radical (unpaired) electrons. The molecular weight excluding hydrogens is 228 g/mol. The third kappa shape index (κ3) is 3.58. The predicted molar refractivity (Wildman–Crippen MR) is 72.3 cm³/mol. The van der Waals surface area contributed by atoms with Gasteiger partial charge in [0, 0.05) is 22.5 Å². The molecule has 0 aliphatic rings. The molecule has 3 heteroatoms. The van der Waals surface area contributed by atoms with Crippen molar-refractivity contribution in [2.45, 2.75) is 23.3 Å². The van der Waals surface area contributed by atoms with E-state index in [1.807, 2.05) is 19.3 Å². The third-order valence-electron chi connectivity index (χ3n) is 2.40. The van der Waals surface area contributed by atoms with Crippen LogP contribution < -0.4 is 5.32 Å². The maximum atomic E-state index is 4.31. The van der Waals surface area contributed by atoms with Crippen molar-refractivity contribution in [3.8, 4) is 0 Å². The molecule has 0 unspecified atom stereocenters. The van der Waals surface area contributed by atoms with Crippen molar-refractivity contribution in [1.29, 1.82) is 0 Å². The summed E-state index contributed by atoms with van der Waals surface area (Å²) < 4.78 is 0. The van der Waals surface area contributed by atoms with Crippen LogP contribution in [0.1, 0.15) is 11.3 Å². The Labute approximate surface area is 106 Å². The van der Waals surface area contributed by atoms with Crippen LogP contribution in [-0.2, 0) is 6.54 Å². The zero-order chi connectivity index (χ0) is 12.1. The number of aromatic nitrogens is 1. The van der Waals surface area contributed by atoms with E-state index in [-0.39, 0.29) is 0 Å². The molecule has 0 atom stereocenters. The second kappa shape index (κ2) is 5.84. The molecule has 0 saturated heterocycles. The molecule has 17 heavy (non-hydrogen) atoms. The first-order valence-corrected chi connectivity index (χ1v) is 6.43. The summed E-state index contributed by atoms with van der Waals surface area (Å²) in [6.45, 7) is 2.91. The van der Waals surface area contributed by atoms with Crippen LogP contribution >= 0.6 is 11.8 Å². The average molecular weight is 244 g/mol. The lowest BCUT2D eigenvalue weighted by Crippen LogP contribution is -2.06. The van der Waals surface area contributed by atoms with Crippen molar-refractivity contribution in [3.63, 3.8) is 0 Å². The summed E-state index contributed by atoms with van der Waals surface area (Å²) in [6.07, 6.45) is 1.86. The number of hydrogen-bond donors (Lipinski definition) is 1. The summed E-state index contributed by atoms with van der Waals surface area (Å²) in [5.74, 6) is 0. The third-order valence-corrected chi connectivity index (χ3v) is 3.40. The topological polar surface area (TPSA) is 24.9 Å². The first-order chi connectivity index (χ1) is 8.28. The fraction of sp³-hybridized carbons (Fsp3) is 0.214. The number of benzene rings is 1. The first kappa shape index (κ1) is 12.1. The fourth-order valence-electron chi connectivity index (χ4n) is 1.54. The summed E-state index contributed by atoms with van der Waals surface area (Å²) in [4.78, 5) is 6.80. The minimum atomic E-state index is 0.808. The van der Waals surface area contributed by atoms with Crippen molar-refractivity contribution in [3.05, 3.63) is 53.9 Å². The van der Waals surface area contributed by atoms with E-state index in [0.29, 0.717) is 0 Å². The number of nitrogens with one attached hydrogen (secondary N) is 1. The largest absolute Gasteiger partial charge is 0.314 e. The summed E-state index contributed by atoms with van der Waals surface area (Å²) in [5.41, 5.74) is 2.37. The number of pyridine rings is 1. The summed E-state index contributed by atoms with van der Waals surface area (Å²) in [6, 6.07) is 12.7. The molecule has 0 saturated carbocycles. The molecule has 0 spiro atoms. The summed E-state index contributed by atoms with van der Waals surface area (Å²) in [7, 11) is 1.93. The zero-order valence-electron chi connectivity index (χ0n) is 10.1. The molecule has 0 bridgehead atoms. The molecule has 1 aromatic heterocycles. The minimum absolute atomic E-state index is 0.808. The molecule has 2 rings (SSSR count). The average Bonchev–Trinajstić information content (AvgIpc) is 2.33. The molecule has 88 valence electrons. The number of nitrogens with zero attached hydrogens (tertiary/aromatic N) is 1. The molecule has 2 aromatic rings. The number of hydrogen-bond acceptors (Lipinski definition) is 3. The van der Waals surface area contributed by atoms with Gasteiger partial charge < -0.3 is 5.32 Å². The van der Waals surface area contributed by atoms with Crippen LogP contribution in [-0.4, -0.2) is 12.0 Å². The Balaban J connectivity index is 2.12. The molecule has 1 N–H and O–H groups in total. The number of rotatable bonds is 4. The van der Waals surface area contributed by atoms with Gasteiger partial charge in [0.05, 0.1) is 5.69 Å². The molecule has 0 fully saturated rings. The van der Waals surface area contributed by atoms with Crippen LogP contribution in [0.3, 0.4) is 0 Å². The SMILES string of the molecule is CNCc1cc(Sc2ccc(C)cc2)ccn1. The Hall–Kier alpha value is -1.32. The maximum Gasteiger partial charge on any atom is 0.0552 e. The second-order valence-electron chi connectivity index (χ2n) is 3.93. The van der Waals surface area contributed by atoms with Crippen LogP contribution in [0.5, 0.6) is 0 Å². The van der Waals surface area contributed by atoms with E-state index in [0.717, 1.165) is 12.2 Å². The van der Waals surface area contributed by atoms with Gasteiger partial charge in [-0.2, -0.15) is 0 Å². The molecule has 1 heterocycles. The van der Waals surface area contributed by atoms with Crippen molar-refractivity contribution >= 4 is 11.8 Å². The second-order valence-corrected chi connectivity index (χ2v) is 5.08. The van der Waals surface area contributed by atoms with Crippen molar-refractivity contribution in [1.82, 2.24) is 10.3 Å². The van der Waals surface area contributed by atoms with Crippen LogP contribution in [0.4, 0.5) is 0 Å². The van der Waals surface area contributed by atoms with E-state index >= 15 is 0 Å². The van der Waals surface area contributed by atoms with Gasteiger partial charge in [0.25, 0.3) is 0 Å². The zero-order valence-corrected chi connectivity index (χ0v) is 10.9.